The number of hydrogen-bond acceptors (Lipinski definition) is 1. The number of rotatable bonds is 5. The molecule has 78 valence electrons. The Bertz CT molecular complexity index is 266. The van der Waals surface area contributed by atoms with E-state index < -0.39 is 5.12 Å². The summed E-state index contributed by atoms with van der Waals surface area (Å²) in [5.74, 6) is 0.889. The summed E-state index contributed by atoms with van der Waals surface area (Å²) >= 11 is 8.64. The largest absolute Gasteiger partial charge is 0.522 e. The average Bonchev–Trinajstić information content (AvgIpc) is 2.16. The van der Waals surface area contributed by atoms with Crippen LogP contribution in [-0.4, -0.2) is 5.12 Å². The lowest BCUT2D eigenvalue weighted by Gasteiger charge is -2.18. The Morgan fingerprint density at radius 2 is 2.00 bits per heavy atom. The smallest absolute Gasteiger partial charge is 0.415 e. The van der Waals surface area contributed by atoms with Crippen LogP contribution < -0.4 is 4.43 Å². The summed E-state index contributed by atoms with van der Waals surface area (Å²) in [4.78, 5) is 0. The quantitative estimate of drug-likeness (QED) is 0.436. The number of hydrogen-bond donors (Lipinski definition) is 0. The van der Waals surface area contributed by atoms with Crippen LogP contribution in [0.15, 0.2) is 30.3 Å². The molecule has 0 fully saturated rings. The minimum Gasteiger partial charge on any atom is -0.522 e. The highest BCUT2D eigenvalue weighted by molar-refractivity contribution is 14.1. The molecule has 0 aliphatic rings. The van der Waals surface area contributed by atoms with E-state index in [1.54, 1.807) is 0 Å². The molecule has 1 aromatic rings. The number of benzene rings is 1. The van der Waals surface area contributed by atoms with E-state index in [1.807, 2.05) is 30.3 Å². The lowest BCUT2D eigenvalue weighted by atomic mass is 10.3. The Balaban J connectivity index is 2.50. The molecule has 0 aromatic heterocycles. The zero-order chi connectivity index (χ0) is 10.4. The van der Waals surface area contributed by atoms with E-state index in [0.29, 0.717) is 0 Å². The molecule has 1 nitrogen and oxygen atoms in total. The number of unbranched alkanes of at least 4 members (excludes halogenated alkanes) is 1. The highest BCUT2D eigenvalue weighted by Gasteiger charge is 2.30. The van der Waals surface area contributed by atoms with Crippen molar-refractivity contribution < 1.29 is 4.43 Å². The Hall–Kier alpha value is 0.257. The van der Waals surface area contributed by atoms with Gasteiger partial charge in [0.05, 0.1) is 0 Å². The van der Waals surface area contributed by atoms with Gasteiger partial charge in [-0.3, -0.25) is 0 Å². The Morgan fingerprint density at radius 3 is 2.57 bits per heavy atom. The molecule has 0 saturated carbocycles. The third kappa shape index (κ3) is 4.66. The van der Waals surface area contributed by atoms with E-state index in [9.17, 15) is 0 Å². The summed E-state index contributed by atoms with van der Waals surface area (Å²) in [6.07, 6.45) is 2.31. The molecule has 4 heteroatoms. The Kier molecular flexibility index (Phi) is 5.26. The molecule has 0 aliphatic carbocycles. The molecular weight excluding hydrogens is 327 g/mol. The molecule has 1 atom stereocenters. The molecule has 0 saturated heterocycles. The Labute approximate surface area is 104 Å². The summed E-state index contributed by atoms with van der Waals surface area (Å²) < 4.78 is 5.79. The summed E-state index contributed by atoms with van der Waals surface area (Å²) in [7, 11) is 0. The van der Waals surface area contributed by atoms with Crippen molar-refractivity contribution in [2.45, 2.75) is 25.8 Å². The lowest BCUT2D eigenvalue weighted by Crippen LogP contribution is -2.27. The molecule has 0 bridgehead atoms. The summed E-state index contributed by atoms with van der Waals surface area (Å²) in [6.45, 7) is 2.17. The molecule has 14 heavy (non-hydrogen) atoms. The van der Waals surface area contributed by atoms with Crippen molar-refractivity contribution in [3.8, 4) is 5.75 Å². The summed E-state index contributed by atoms with van der Waals surface area (Å²) in [5, 5.41) is -2.02. The van der Waals surface area contributed by atoms with Crippen molar-refractivity contribution in [3.63, 3.8) is 0 Å². The monoisotopic (exact) mass is 340 g/mol. The highest BCUT2D eigenvalue weighted by Crippen LogP contribution is 2.29. The Morgan fingerprint density at radius 1 is 1.36 bits per heavy atom. The van der Waals surface area contributed by atoms with E-state index in [2.05, 4.69) is 28.7 Å². The van der Waals surface area contributed by atoms with Crippen LogP contribution in [0.5, 0.6) is 5.75 Å². The second-order valence-corrected chi connectivity index (χ2v) is 14.1. The topological polar surface area (TPSA) is 9.23 Å². The molecular formula is C10H14ClIOSi. The van der Waals surface area contributed by atoms with Crippen molar-refractivity contribution in [2.24, 2.45) is 0 Å². The zero-order valence-electron chi connectivity index (χ0n) is 8.17. The van der Waals surface area contributed by atoms with Crippen LogP contribution in [0.1, 0.15) is 19.8 Å². The molecule has 0 spiro atoms. The first-order chi connectivity index (χ1) is 6.64. The minimum atomic E-state index is -2.02. The molecule has 0 amide bonds. The van der Waals surface area contributed by atoms with E-state index in [-0.39, 0.29) is 0 Å². The highest BCUT2D eigenvalue weighted by atomic mass is 127. The van der Waals surface area contributed by atoms with Gasteiger partial charge in [-0.15, -0.1) is 11.1 Å². The van der Waals surface area contributed by atoms with Crippen molar-refractivity contribution >= 4 is 38.0 Å². The molecule has 1 aromatic carbocycles. The fourth-order valence-corrected chi connectivity index (χ4v) is 5.02. The SMILES string of the molecule is CCCC[Si](Cl)(I)Oc1ccccc1. The van der Waals surface area contributed by atoms with E-state index in [4.69, 9.17) is 15.5 Å². The van der Waals surface area contributed by atoms with Crippen LogP contribution in [0.3, 0.4) is 0 Å². The van der Waals surface area contributed by atoms with Gasteiger partial charge in [-0.2, -0.15) is 0 Å². The third-order valence-corrected chi connectivity index (χ3v) is 6.38. The van der Waals surface area contributed by atoms with E-state index in [0.717, 1.165) is 18.2 Å². The van der Waals surface area contributed by atoms with Gasteiger partial charge in [0, 0.05) is 0 Å². The fourth-order valence-electron chi connectivity index (χ4n) is 1.09. The van der Waals surface area contributed by atoms with Gasteiger partial charge in [0.2, 0.25) is 0 Å². The minimum absolute atomic E-state index is 0.889. The normalized spacial score (nSPS) is 14.8. The molecule has 1 rings (SSSR count). The van der Waals surface area contributed by atoms with Gasteiger partial charge in [0.25, 0.3) is 0 Å². The second-order valence-electron chi connectivity index (χ2n) is 3.16. The van der Waals surface area contributed by atoms with Crippen molar-refractivity contribution in [2.75, 3.05) is 0 Å². The van der Waals surface area contributed by atoms with Gasteiger partial charge < -0.3 is 4.43 Å². The first-order valence-corrected chi connectivity index (χ1v) is 11.0. The van der Waals surface area contributed by atoms with Gasteiger partial charge in [0.15, 0.2) is 0 Å². The van der Waals surface area contributed by atoms with Crippen molar-refractivity contribution in [1.82, 2.24) is 0 Å². The van der Waals surface area contributed by atoms with E-state index in [1.165, 1.54) is 6.42 Å². The third-order valence-electron chi connectivity index (χ3n) is 1.83. The number of halogens is 2. The maximum atomic E-state index is 6.35. The number of para-hydroxylation sites is 1. The van der Waals surface area contributed by atoms with Crippen LogP contribution in [0, 0.1) is 0 Å². The fraction of sp³-hybridized carbons (Fsp3) is 0.400. The van der Waals surface area contributed by atoms with Gasteiger partial charge in [-0.05, 0) is 40.0 Å². The van der Waals surface area contributed by atoms with Crippen LogP contribution in [0.25, 0.3) is 0 Å². The molecule has 0 N–H and O–H groups in total. The van der Waals surface area contributed by atoms with Crippen molar-refractivity contribution in [1.29, 1.82) is 0 Å². The maximum Gasteiger partial charge on any atom is 0.415 e. The second kappa shape index (κ2) is 5.98. The van der Waals surface area contributed by atoms with Crippen molar-refractivity contribution in [3.05, 3.63) is 30.3 Å². The average molecular weight is 341 g/mol. The molecule has 0 heterocycles. The summed E-state index contributed by atoms with van der Waals surface area (Å²) in [6, 6.07) is 10.8. The molecule has 1 unspecified atom stereocenters. The van der Waals surface area contributed by atoms with Crippen LogP contribution in [0.2, 0.25) is 6.04 Å². The first-order valence-electron chi connectivity index (χ1n) is 4.76. The van der Waals surface area contributed by atoms with Gasteiger partial charge >= 0.3 is 5.12 Å². The van der Waals surface area contributed by atoms with Gasteiger partial charge in [-0.1, -0.05) is 38.0 Å². The summed E-state index contributed by atoms with van der Waals surface area (Å²) in [5.41, 5.74) is 0. The van der Waals surface area contributed by atoms with Crippen LogP contribution >= 0.6 is 32.9 Å². The first kappa shape index (κ1) is 12.3. The van der Waals surface area contributed by atoms with Crippen LogP contribution in [-0.2, 0) is 0 Å². The van der Waals surface area contributed by atoms with Crippen LogP contribution in [0.4, 0.5) is 0 Å². The van der Waals surface area contributed by atoms with E-state index >= 15 is 0 Å². The zero-order valence-corrected chi connectivity index (χ0v) is 12.1. The lowest BCUT2D eigenvalue weighted by molar-refractivity contribution is 0.576. The van der Waals surface area contributed by atoms with Gasteiger partial charge in [0.1, 0.15) is 5.75 Å². The predicted octanol–water partition coefficient (Wildman–Crippen LogP) is 4.48. The molecule has 0 radical (unpaired) electrons. The van der Waals surface area contributed by atoms with Gasteiger partial charge in [-0.25, -0.2) is 0 Å². The standard InChI is InChI=1S/C10H14ClIOSi/c1-2-3-9-14(11,12)13-10-7-5-4-6-8-10/h4-8H,2-3,9H2,1H3. The molecule has 0 aliphatic heterocycles. The predicted molar refractivity (Wildman–Crippen MR) is 72.4 cm³/mol. The maximum absolute atomic E-state index is 6.35.